The molecule has 6 nitrogen and oxygen atoms in total. The van der Waals surface area contributed by atoms with Crippen LogP contribution >= 0.6 is 11.6 Å². The van der Waals surface area contributed by atoms with E-state index in [1.807, 2.05) is 0 Å². The molecule has 118 valence electrons. The molecule has 1 unspecified atom stereocenters. The first-order valence-corrected chi connectivity index (χ1v) is 7.96. The fourth-order valence-corrected chi connectivity index (χ4v) is 2.89. The van der Waals surface area contributed by atoms with Gasteiger partial charge in [-0.15, -0.1) is 0 Å². The van der Waals surface area contributed by atoms with Crippen molar-refractivity contribution in [2.75, 3.05) is 49.7 Å². The first-order valence-electron chi connectivity index (χ1n) is 7.58. The average Bonchev–Trinajstić information content (AvgIpc) is 2.49. The van der Waals surface area contributed by atoms with E-state index >= 15 is 0 Å². The summed E-state index contributed by atoms with van der Waals surface area (Å²) in [5.41, 5.74) is 0. The Kier molecular flexibility index (Phi) is 5.99. The van der Waals surface area contributed by atoms with E-state index in [0.717, 1.165) is 39.2 Å². The molecule has 1 fully saturated rings. The highest BCUT2D eigenvalue weighted by Gasteiger charge is 2.23. The SMILES string of the molecule is CCN(CC)c1nc(Cl)nc(N2CCCC(COC)C2)n1. The van der Waals surface area contributed by atoms with Crippen LogP contribution in [0.3, 0.4) is 0 Å². The van der Waals surface area contributed by atoms with Crippen molar-refractivity contribution in [1.29, 1.82) is 0 Å². The van der Waals surface area contributed by atoms with E-state index in [0.29, 0.717) is 17.8 Å². The summed E-state index contributed by atoms with van der Waals surface area (Å²) in [6.45, 7) is 8.50. The van der Waals surface area contributed by atoms with Crippen LogP contribution in [-0.2, 0) is 4.74 Å². The molecule has 0 N–H and O–H groups in total. The number of piperidine rings is 1. The van der Waals surface area contributed by atoms with Crippen LogP contribution in [0.2, 0.25) is 5.28 Å². The average molecular weight is 314 g/mol. The summed E-state index contributed by atoms with van der Waals surface area (Å²) in [6.07, 6.45) is 2.31. The van der Waals surface area contributed by atoms with Crippen molar-refractivity contribution >= 4 is 23.5 Å². The fourth-order valence-electron chi connectivity index (χ4n) is 2.74. The van der Waals surface area contributed by atoms with Crippen LogP contribution in [0.25, 0.3) is 0 Å². The second-order valence-corrected chi connectivity index (χ2v) is 5.62. The minimum absolute atomic E-state index is 0.260. The van der Waals surface area contributed by atoms with Gasteiger partial charge in [0.15, 0.2) is 0 Å². The molecule has 2 rings (SSSR count). The topological polar surface area (TPSA) is 54.4 Å². The third kappa shape index (κ3) is 4.17. The summed E-state index contributed by atoms with van der Waals surface area (Å²) in [4.78, 5) is 17.4. The number of nitrogens with zero attached hydrogens (tertiary/aromatic N) is 5. The highest BCUT2D eigenvalue weighted by Crippen LogP contribution is 2.23. The van der Waals surface area contributed by atoms with Crippen LogP contribution in [0.15, 0.2) is 0 Å². The molecule has 0 aliphatic carbocycles. The molecule has 1 aromatic heterocycles. The molecule has 0 amide bonds. The highest BCUT2D eigenvalue weighted by molar-refractivity contribution is 6.28. The highest BCUT2D eigenvalue weighted by atomic mass is 35.5. The van der Waals surface area contributed by atoms with Gasteiger partial charge in [-0.3, -0.25) is 0 Å². The Balaban J connectivity index is 2.18. The lowest BCUT2D eigenvalue weighted by Crippen LogP contribution is -2.38. The lowest BCUT2D eigenvalue weighted by molar-refractivity contribution is 0.143. The number of aromatic nitrogens is 3. The number of ether oxygens (including phenoxy) is 1. The van der Waals surface area contributed by atoms with Gasteiger partial charge in [-0.05, 0) is 44.2 Å². The number of methoxy groups -OCH3 is 1. The molecule has 1 aliphatic rings. The Bertz CT molecular complexity index is 453. The maximum atomic E-state index is 6.08. The molecular weight excluding hydrogens is 290 g/mol. The van der Waals surface area contributed by atoms with Crippen molar-refractivity contribution in [3.8, 4) is 0 Å². The van der Waals surface area contributed by atoms with Gasteiger partial charge in [-0.1, -0.05) is 0 Å². The van der Waals surface area contributed by atoms with Crippen LogP contribution in [0.4, 0.5) is 11.9 Å². The number of halogens is 1. The zero-order valence-electron chi connectivity index (χ0n) is 13.0. The summed E-state index contributed by atoms with van der Waals surface area (Å²) in [7, 11) is 1.75. The molecule has 7 heteroatoms. The molecule has 0 saturated carbocycles. The van der Waals surface area contributed by atoms with Gasteiger partial charge in [-0.2, -0.15) is 15.0 Å². The maximum Gasteiger partial charge on any atom is 0.231 e. The van der Waals surface area contributed by atoms with E-state index in [2.05, 4.69) is 38.6 Å². The first-order chi connectivity index (χ1) is 10.2. The standard InChI is InChI=1S/C14H24ClN5O/c1-4-19(5-2)13-16-12(15)17-14(18-13)20-8-6-7-11(9-20)10-21-3/h11H,4-10H2,1-3H3. The zero-order valence-corrected chi connectivity index (χ0v) is 13.8. The Hall–Kier alpha value is -1.14. The molecule has 1 aromatic rings. The van der Waals surface area contributed by atoms with Gasteiger partial charge in [0.2, 0.25) is 17.2 Å². The Morgan fingerprint density at radius 2 is 2.05 bits per heavy atom. The van der Waals surface area contributed by atoms with Gasteiger partial charge in [0.05, 0.1) is 6.61 Å². The molecule has 1 saturated heterocycles. The van der Waals surface area contributed by atoms with Gasteiger partial charge in [0.25, 0.3) is 0 Å². The predicted octanol–water partition coefficient (Wildman–Crippen LogP) is 2.23. The molecule has 0 radical (unpaired) electrons. The van der Waals surface area contributed by atoms with Crippen molar-refractivity contribution in [1.82, 2.24) is 15.0 Å². The molecule has 0 aromatic carbocycles. The minimum atomic E-state index is 0.260. The van der Waals surface area contributed by atoms with Crippen LogP contribution in [0, 0.1) is 5.92 Å². The summed E-state index contributed by atoms with van der Waals surface area (Å²) >= 11 is 6.08. The van der Waals surface area contributed by atoms with E-state index in [9.17, 15) is 0 Å². The van der Waals surface area contributed by atoms with E-state index in [1.165, 1.54) is 6.42 Å². The third-order valence-corrected chi connectivity index (χ3v) is 4.00. The molecule has 2 heterocycles. The van der Waals surface area contributed by atoms with Crippen LogP contribution in [0.1, 0.15) is 26.7 Å². The third-order valence-electron chi connectivity index (χ3n) is 3.84. The van der Waals surface area contributed by atoms with Crippen LogP contribution in [0.5, 0.6) is 0 Å². The molecule has 1 aliphatic heterocycles. The Morgan fingerprint density at radius 3 is 2.71 bits per heavy atom. The predicted molar refractivity (Wildman–Crippen MR) is 85.2 cm³/mol. The summed E-state index contributed by atoms with van der Waals surface area (Å²) in [5, 5.41) is 0.260. The van der Waals surface area contributed by atoms with E-state index in [4.69, 9.17) is 16.3 Å². The maximum absolute atomic E-state index is 6.08. The van der Waals surface area contributed by atoms with Gasteiger partial charge < -0.3 is 14.5 Å². The largest absolute Gasteiger partial charge is 0.384 e. The number of rotatable bonds is 6. The second-order valence-electron chi connectivity index (χ2n) is 5.29. The molecule has 0 bridgehead atoms. The lowest BCUT2D eigenvalue weighted by Gasteiger charge is -2.32. The van der Waals surface area contributed by atoms with Crippen molar-refractivity contribution in [2.24, 2.45) is 5.92 Å². The van der Waals surface area contributed by atoms with Crippen molar-refractivity contribution < 1.29 is 4.74 Å². The van der Waals surface area contributed by atoms with Gasteiger partial charge in [0.1, 0.15) is 0 Å². The van der Waals surface area contributed by atoms with Gasteiger partial charge in [-0.25, -0.2) is 0 Å². The first kappa shape index (κ1) is 16.2. The van der Waals surface area contributed by atoms with Gasteiger partial charge >= 0.3 is 0 Å². The van der Waals surface area contributed by atoms with Crippen LogP contribution < -0.4 is 9.80 Å². The Labute approximate surface area is 131 Å². The quantitative estimate of drug-likeness (QED) is 0.803. The molecule has 21 heavy (non-hydrogen) atoms. The van der Waals surface area contributed by atoms with Gasteiger partial charge in [0, 0.05) is 33.3 Å². The van der Waals surface area contributed by atoms with Crippen LogP contribution in [-0.4, -0.2) is 54.8 Å². The normalized spacial score (nSPS) is 18.9. The van der Waals surface area contributed by atoms with Crippen molar-refractivity contribution in [3.05, 3.63) is 5.28 Å². The number of anilines is 2. The van der Waals surface area contributed by atoms with E-state index in [-0.39, 0.29) is 5.28 Å². The number of hydrogen-bond acceptors (Lipinski definition) is 6. The zero-order chi connectivity index (χ0) is 15.2. The summed E-state index contributed by atoms with van der Waals surface area (Å²) in [5.74, 6) is 1.86. The minimum Gasteiger partial charge on any atom is -0.384 e. The van der Waals surface area contributed by atoms with E-state index in [1.54, 1.807) is 7.11 Å². The van der Waals surface area contributed by atoms with E-state index < -0.39 is 0 Å². The second kappa shape index (κ2) is 7.75. The summed E-state index contributed by atoms with van der Waals surface area (Å²) in [6, 6.07) is 0. The lowest BCUT2D eigenvalue weighted by atomic mass is 9.99. The Morgan fingerprint density at radius 1 is 1.29 bits per heavy atom. The molecule has 0 spiro atoms. The van der Waals surface area contributed by atoms with Crippen molar-refractivity contribution in [2.45, 2.75) is 26.7 Å². The monoisotopic (exact) mass is 313 g/mol. The summed E-state index contributed by atoms with van der Waals surface area (Å²) < 4.78 is 5.27. The van der Waals surface area contributed by atoms with Crippen molar-refractivity contribution in [3.63, 3.8) is 0 Å². The smallest absolute Gasteiger partial charge is 0.231 e. The molecule has 1 atom stereocenters. The fraction of sp³-hybridized carbons (Fsp3) is 0.786. The molecular formula is C14H24ClN5O. The number of hydrogen-bond donors (Lipinski definition) is 0.